The Morgan fingerprint density at radius 2 is 2.00 bits per heavy atom. The zero-order chi connectivity index (χ0) is 15.2. The highest BCUT2D eigenvalue weighted by atomic mass is 16.5. The summed E-state index contributed by atoms with van der Waals surface area (Å²) in [7, 11) is 1.61. The summed E-state index contributed by atoms with van der Waals surface area (Å²) >= 11 is 0. The van der Waals surface area contributed by atoms with Crippen molar-refractivity contribution in [3.8, 4) is 11.5 Å². The largest absolute Gasteiger partial charge is 0.497 e. The lowest BCUT2D eigenvalue weighted by Crippen LogP contribution is -2.46. The van der Waals surface area contributed by atoms with Gasteiger partial charge in [-0.05, 0) is 36.6 Å². The number of piperidine rings is 1. The minimum atomic E-state index is -0.412. The quantitative estimate of drug-likeness (QED) is 0.897. The van der Waals surface area contributed by atoms with Crippen LogP contribution in [0.15, 0.2) is 24.3 Å². The molecular weight excluding hydrogens is 270 g/mol. The van der Waals surface area contributed by atoms with Crippen LogP contribution in [0.5, 0.6) is 11.5 Å². The Labute approximate surface area is 125 Å². The Morgan fingerprint density at radius 1 is 1.33 bits per heavy atom. The van der Waals surface area contributed by atoms with Gasteiger partial charge in [0.25, 0.3) is 0 Å². The molecule has 0 saturated carbocycles. The number of amides is 1. The molecule has 1 N–H and O–H groups in total. The number of nitrogens with zero attached hydrogens (tertiary/aromatic N) is 1. The molecule has 0 spiro atoms. The molecule has 0 aromatic heterocycles. The molecule has 2 rings (SSSR count). The molecule has 0 bridgehead atoms. The predicted octanol–water partition coefficient (Wildman–Crippen LogP) is 1.69. The van der Waals surface area contributed by atoms with E-state index in [-0.39, 0.29) is 11.8 Å². The van der Waals surface area contributed by atoms with Crippen LogP contribution in [-0.4, -0.2) is 48.8 Å². The van der Waals surface area contributed by atoms with Crippen LogP contribution >= 0.6 is 0 Å². The fourth-order valence-corrected chi connectivity index (χ4v) is 2.36. The number of rotatable bonds is 5. The second-order valence-electron chi connectivity index (χ2n) is 5.45. The van der Waals surface area contributed by atoms with Gasteiger partial charge in [-0.1, -0.05) is 6.92 Å². The maximum Gasteiger partial charge on any atom is 0.226 e. The molecule has 0 aliphatic carbocycles. The molecule has 1 heterocycles. The first kappa shape index (κ1) is 15.6. The zero-order valence-electron chi connectivity index (χ0n) is 12.6. The summed E-state index contributed by atoms with van der Waals surface area (Å²) in [4.78, 5) is 13.8. The second-order valence-corrected chi connectivity index (χ2v) is 5.45. The number of aliphatic hydroxyl groups excluding tert-OH is 1. The average Bonchev–Trinajstić information content (AvgIpc) is 2.50. The number of likely N-dealkylation sites (tertiary alicyclic amines) is 1. The van der Waals surface area contributed by atoms with Crippen LogP contribution in [0.4, 0.5) is 0 Å². The molecule has 1 amide bonds. The highest BCUT2D eigenvalue weighted by molar-refractivity contribution is 5.76. The molecule has 1 aromatic rings. The molecule has 2 atom stereocenters. The minimum absolute atomic E-state index is 0.0365. The summed E-state index contributed by atoms with van der Waals surface area (Å²) in [5.74, 6) is 1.80. The lowest BCUT2D eigenvalue weighted by atomic mass is 9.96. The van der Waals surface area contributed by atoms with E-state index in [4.69, 9.17) is 9.47 Å². The van der Waals surface area contributed by atoms with Crippen molar-refractivity contribution < 1.29 is 19.4 Å². The van der Waals surface area contributed by atoms with Crippen LogP contribution < -0.4 is 9.47 Å². The number of aliphatic hydroxyl groups is 1. The Bertz CT molecular complexity index is 460. The van der Waals surface area contributed by atoms with Gasteiger partial charge in [0.15, 0.2) is 0 Å². The number of carbonyl (C=O) groups excluding carboxylic acids is 1. The van der Waals surface area contributed by atoms with Crippen molar-refractivity contribution in [1.82, 2.24) is 4.90 Å². The van der Waals surface area contributed by atoms with Gasteiger partial charge in [-0.15, -0.1) is 0 Å². The SMILES string of the molecule is COc1ccc(OCCC(=O)N2CCC(C)C(O)C2)cc1. The van der Waals surface area contributed by atoms with E-state index in [0.29, 0.717) is 19.6 Å². The minimum Gasteiger partial charge on any atom is -0.497 e. The Balaban J connectivity index is 1.73. The fraction of sp³-hybridized carbons (Fsp3) is 0.562. The first-order chi connectivity index (χ1) is 10.1. The molecule has 2 unspecified atom stereocenters. The summed E-state index contributed by atoms with van der Waals surface area (Å²) in [5.41, 5.74) is 0. The molecule has 5 heteroatoms. The summed E-state index contributed by atoms with van der Waals surface area (Å²) in [6.07, 6.45) is 0.768. The number of carbonyl (C=O) groups is 1. The van der Waals surface area contributed by atoms with Gasteiger partial charge in [-0.3, -0.25) is 4.79 Å². The highest BCUT2D eigenvalue weighted by Crippen LogP contribution is 2.19. The van der Waals surface area contributed by atoms with Gasteiger partial charge in [-0.2, -0.15) is 0 Å². The average molecular weight is 293 g/mol. The lowest BCUT2D eigenvalue weighted by Gasteiger charge is -2.34. The van der Waals surface area contributed by atoms with Gasteiger partial charge >= 0.3 is 0 Å². The molecule has 21 heavy (non-hydrogen) atoms. The van der Waals surface area contributed by atoms with Crippen LogP contribution in [-0.2, 0) is 4.79 Å². The van der Waals surface area contributed by atoms with E-state index >= 15 is 0 Å². The standard InChI is InChI=1S/C16H23NO4/c1-12-7-9-17(11-15(12)18)16(19)8-10-21-14-5-3-13(20-2)4-6-14/h3-6,12,15,18H,7-11H2,1-2H3. The highest BCUT2D eigenvalue weighted by Gasteiger charge is 2.26. The number of benzene rings is 1. The van der Waals surface area contributed by atoms with Gasteiger partial charge in [0.2, 0.25) is 5.91 Å². The predicted molar refractivity (Wildman–Crippen MR) is 79.5 cm³/mol. The molecule has 1 fully saturated rings. The van der Waals surface area contributed by atoms with Gasteiger partial charge in [0, 0.05) is 13.1 Å². The van der Waals surface area contributed by atoms with Crippen molar-refractivity contribution in [1.29, 1.82) is 0 Å². The Kier molecular flexibility index (Phi) is 5.44. The number of methoxy groups -OCH3 is 1. The van der Waals surface area contributed by atoms with Gasteiger partial charge in [0.05, 0.1) is 26.2 Å². The van der Waals surface area contributed by atoms with E-state index in [2.05, 4.69) is 0 Å². The van der Waals surface area contributed by atoms with E-state index in [0.717, 1.165) is 24.5 Å². The summed E-state index contributed by atoms with van der Waals surface area (Å²) in [6.45, 7) is 3.51. The van der Waals surface area contributed by atoms with Crippen LogP contribution in [0.25, 0.3) is 0 Å². The van der Waals surface area contributed by atoms with E-state index in [1.807, 2.05) is 31.2 Å². The summed E-state index contributed by atoms with van der Waals surface area (Å²) in [5, 5.41) is 9.81. The maximum atomic E-state index is 12.1. The smallest absolute Gasteiger partial charge is 0.226 e. The molecular formula is C16H23NO4. The number of hydrogen-bond donors (Lipinski definition) is 1. The fourth-order valence-electron chi connectivity index (χ4n) is 2.36. The molecule has 1 aliphatic rings. The first-order valence-electron chi connectivity index (χ1n) is 7.33. The van der Waals surface area contributed by atoms with E-state index in [1.165, 1.54) is 0 Å². The van der Waals surface area contributed by atoms with Crippen molar-refractivity contribution in [3.05, 3.63) is 24.3 Å². The third-order valence-electron chi connectivity index (χ3n) is 3.92. The number of ether oxygens (including phenoxy) is 2. The van der Waals surface area contributed by atoms with E-state index in [1.54, 1.807) is 12.0 Å². The summed E-state index contributed by atoms with van der Waals surface area (Å²) < 4.78 is 10.6. The molecule has 1 aromatic carbocycles. The Morgan fingerprint density at radius 3 is 2.62 bits per heavy atom. The molecule has 1 saturated heterocycles. The van der Waals surface area contributed by atoms with Crippen molar-refractivity contribution in [2.45, 2.75) is 25.9 Å². The molecule has 5 nitrogen and oxygen atoms in total. The van der Waals surface area contributed by atoms with Crippen LogP contribution in [0.1, 0.15) is 19.8 Å². The van der Waals surface area contributed by atoms with Crippen molar-refractivity contribution in [2.24, 2.45) is 5.92 Å². The van der Waals surface area contributed by atoms with Crippen molar-refractivity contribution in [2.75, 3.05) is 26.8 Å². The van der Waals surface area contributed by atoms with Crippen LogP contribution in [0, 0.1) is 5.92 Å². The van der Waals surface area contributed by atoms with Gasteiger partial charge < -0.3 is 19.5 Å². The normalized spacial score (nSPS) is 22.0. The third kappa shape index (κ3) is 4.36. The topological polar surface area (TPSA) is 59.0 Å². The first-order valence-corrected chi connectivity index (χ1v) is 7.33. The van der Waals surface area contributed by atoms with Crippen molar-refractivity contribution >= 4 is 5.91 Å². The summed E-state index contributed by atoms with van der Waals surface area (Å²) in [6, 6.07) is 7.27. The Hall–Kier alpha value is -1.75. The van der Waals surface area contributed by atoms with E-state index in [9.17, 15) is 9.90 Å². The van der Waals surface area contributed by atoms with Crippen LogP contribution in [0.2, 0.25) is 0 Å². The van der Waals surface area contributed by atoms with E-state index < -0.39 is 6.10 Å². The number of hydrogen-bond acceptors (Lipinski definition) is 4. The lowest BCUT2D eigenvalue weighted by molar-refractivity contribution is -0.135. The van der Waals surface area contributed by atoms with Crippen molar-refractivity contribution in [3.63, 3.8) is 0 Å². The second kappa shape index (κ2) is 7.31. The zero-order valence-corrected chi connectivity index (χ0v) is 12.6. The molecule has 1 aliphatic heterocycles. The van der Waals surface area contributed by atoms with Crippen LogP contribution in [0.3, 0.4) is 0 Å². The number of β-amino-alcohol motifs (C(OH)–C–C–N with tert-alkyl or cyclic N) is 1. The van der Waals surface area contributed by atoms with Gasteiger partial charge in [0.1, 0.15) is 11.5 Å². The van der Waals surface area contributed by atoms with Gasteiger partial charge in [-0.25, -0.2) is 0 Å². The molecule has 116 valence electrons. The third-order valence-corrected chi connectivity index (χ3v) is 3.92. The molecule has 0 radical (unpaired) electrons. The monoisotopic (exact) mass is 293 g/mol. The maximum absolute atomic E-state index is 12.1.